The molecule has 0 unspecified atom stereocenters. The Labute approximate surface area is 241 Å². The molecule has 0 N–H and O–H groups in total. The molecule has 1 heterocycles. The van der Waals surface area contributed by atoms with Gasteiger partial charge in [-0.2, -0.15) is 8.78 Å². The van der Waals surface area contributed by atoms with Crippen molar-refractivity contribution >= 4 is 0 Å². The standard InChI is InChI=1S/C32H24F8N2O/c1-2-3-17-4-6-18(7-5-17)21-15-41-31(42-16-21)19-8-9-23(24(33)10-19)20-11-25(34)29(26(35)12-20)32(39,40)43-22-13-27(36)30(38)28(37)14-22/h2-3,8-18H,4-7H2,1H3. The first-order valence-electron chi connectivity index (χ1n) is 13.4. The van der Waals surface area contributed by atoms with E-state index in [-0.39, 0.29) is 23.5 Å². The topological polar surface area (TPSA) is 35.0 Å². The minimum atomic E-state index is -4.76. The van der Waals surface area contributed by atoms with E-state index < -0.39 is 57.9 Å². The van der Waals surface area contributed by atoms with Crippen LogP contribution in [-0.4, -0.2) is 9.97 Å². The summed E-state index contributed by atoms with van der Waals surface area (Å²) >= 11 is 0. The first-order chi connectivity index (χ1) is 20.5. The predicted molar refractivity (Wildman–Crippen MR) is 143 cm³/mol. The Morgan fingerprint density at radius 1 is 0.744 bits per heavy atom. The van der Waals surface area contributed by atoms with Crippen molar-refractivity contribution in [3.8, 4) is 28.3 Å². The number of benzene rings is 3. The molecule has 0 radical (unpaired) electrons. The molecule has 1 saturated carbocycles. The van der Waals surface area contributed by atoms with Crippen molar-refractivity contribution in [2.75, 3.05) is 0 Å². The highest BCUT2D eigenvalue weighted by molar-refractivity contribution is 5.69. The van der Waals surface area contributed by atoms with E-state index >= 15 is 4.39 Å². The maximum atomic E-state index is 15.1. The van der Waals surface area contributed by atoms with Crippen LogP contribution in [0.25, 0.3) is 22.5 Å². The predicted octanol–water partition coefficient (Wildman–Crippen LogP) is 9.62. The monoisotopic (exact) mass is 604 g/mol. The zero-order chi connectivity index (χ0) is 30.9. The number of halogens is 8. The van der Waals surface area contributed by atoms with E-state index in [4.69, 9.17) is 0 Å². The summed E-state index contributed by atoms with van der Waals surface area (Å²) < 4.78 is 118. The van der Waals surface area contributed by atoms with Gasteiger partial charge in [0.2, 0.25) is 0 Å². The Morgan fingerprint density at radius 3 is 1.88 bits per heavy atom. The first-order valence-corrected chi connectivity index (χ1v) is 13.4. The summed E-state index contributed by atoms with van der Waals surface area (Å²) in [6, 6.07) is 4.82. The first kappa shape index (κ1) is 30.2. The average molecular weight is 605 g/mol. The molecular weight excluding hydrogens is 580 g/mol. The molecular formula is C32H24F8N2O. The quantitative estimate of drug-likeness (QED) is 0.120. The van der Waals surface area contributed by atoms with E-state index in [0.29, 0.717) is 29.5 Å². The zero-order valence-corrected chi connectivity index (χ0v) is 22.7. The lowest BCUT2D eigenvalue weighted by Gasteiger charge is -2.26. The summed E-state index contributed by atoms with van der Waals surface area (Å²) in [5.74, 6) is -10.2. The largest absolute Gasteiger partial charge is 0.432 e. The van der Waals surface area contributed by atoms with Gasteiger partial charge in [0.1, 0.15) is 28.8 Å². The lowest BCUT2D eigenvalue weighted by molar-refractivity contribution is -0.189. The highest BCUT2D eigenvalue weighted by Gasteiger charge is 2.41. The van der Waals surface area contributed by atoms with Crippen molar-refractivity contribution in [3.05, 3.63) is 113 Å². The van der Waals surface area contributed by atoms with Crippen molar-refractivity contribution in [2.24, 2.45) is 5.92 Å². The maximum Gasteiger partial charge on any atom is 0.432 e. The van der Waals surface area contributed by atoms with Crippen LogP contribution in [0.2, 0.25) is 0 Å². The van der Waals surface area contributed by atoms with Crippen molar-refractivity contribution in [1.29, 1.82) is 0 Å². The molecule has 0 spiro atoms. The van der Waals surface area contributed by atoms with E-state index in [2.05, 4.69) is 26.9 Å². The second kappa shape index (κ2) is 12.1. The molecule has 4 aromatic rings. The number of allylic oxidation sites excluding steroid dienone is 2. The minimum Gasteiger partial charge on any atom is -0.429 e. The number of ether oxygens (including phenoxy) is 1. The SMILES string of the molecule is CC=CC1CCC(c2cnc(-c3ccc(-c4cc(F)c(C(F)(F)Oc5cc(F)c(F)c(F)c5)c(F)c4)c(F)c3)nc2)CC1. The van der Waals surface area contributed by atoms with Gasteiger partial charge >= 0.3 is 6.11 Å². The van der Waals surface area contributed by atoms with Crippen molar-refractivity contribution < 1.29 is 39.9 Å². The fourth-order valence-corrected chi connectivity index (χ4v) is 5.30. The van der Waals surface area contributed by atoms with E-state index in [9.17, 15) is 30.7 Å². The Bertz CT molecular complexity index is 1620. The van der Waals surface area contributed by atoms with E-state index in [0.717, 1.165) is 37.3 Å². The Hall–Kier alpha value is -4.28. The van der Waals surface area contributed by atoms with Gasteiger partial charge < -0.3 is 4.74 Å². The molecule has 5 rings (SSSR count). The highest BCUT2D eigenvalue weighted by Crippen LogP contribution is 2.39. The Balaban J connectivity index is 1.34. The Morgan fingerprint density at radius 2 is 1.33 bits per heavy atom. The fraction of sp³-hybridized carbons (Fsp3) is 0.250. The Kier molecular flexibility index (Phi) is 8.52. The molecule has 0 bridgehead atoms. The zero-order valence-electron chi connectivity index (χ0n) is 22.7. The molecule has 0 aliphatic heterocycles. The van der Waals surface area contributed by atoms with Crippen LogP contribution >= 0.6 is 0 Å². The summed E-state index contributed by atoms with van der Waals surface area (Å²) in [6.45, 7) is 2.01. The molecule has 1 aromatic heterocycles. The molecule has 43 heavy (non-hydrogen) atoms. The molecule has 3 nitrogen and oxygen atoms in total. The van der Waals surface area contributed by atoms with Gasteiger partial charge in [0.25, 0.3) is 0 Å². The van der Waals surface area contributed by atoms with Crippen LogP contribution in [0.4, 0.5) is 35.1 Å². The molecule has 0 amide bonds. The van der Waals surface area contributed by atoms with Crippen LogP contribution in [0.5, 0.6) is 5.75 Å². The van der Waals surface area contributed by atoms with Crippen LogP contribution in [0.1, 0.15) is 49.7 Å². The van der Waals surface area contributed by atoms with Crippen LogP contribution in [0, 0.1) is 40.8 Å². The van der Waals surface area contributed by atoms with Crippen LogP contribution in [0.15, 0.2) is 67.0 Å². The number of rotatable bonds is 7. The number of hydrogen-bond acceptors (Lipinski definition) is 3. The smallest absolute Gasteiger partial charge is 0.429 e. The fourth-order valence-electron chi connectivity index (χ4n) is 5.30. The highest BCUT2D eigenvalue weighted by atomic mass is 19.3. The van der Waals surface area contributed by atoms with Crippen molar-refractivity contribution in [3.63, 3.8) is 0 Å². The molecule has 3 aromatic carbocycles. The second-order valence-corrected chi connectivity index (χ2v) is 10.3. The minimum absolute atomic E-state index is 0.0983. The van der Waals surface area contributed by atoms with Crippen LogP contribution in [0.3, 0.4) is 0 Å². The second-order valence-electron chi connectivity index (χ2n) is 10.3. The third-order valence-corrected chi connectivity index (χ3v) is 7.45. The maximum absolute atomic E-state index is 15.1. The molecule has 224 valence electrons. The van der Waals surface area contributed by atoms with Gasteiger partial charge in [0.05, 0.1) is 0 Å². The number of alkyl halides is 2. The van der Waals surface area contributed by atoms with Gasteiger partial charge in [-0.15, -0.1) is 0 Å². The molecule has 1 aliphatic rings. The van der Waals surface area contributed by atoms with Gasteiger partial charge in [-0.25, -0.2) is 36.3 Å². The van der Waals surface area contributed by atoms with Gasteiger partial charge in [-0.05, 0) is 73.8 Å². The number of hydrogen-bond donors (Lipinski definition) is 0. The summed E-state index contributed by atoms with van der Waals surface area (Å²) in [5.41, 5.74) is -1.30. The normalized spacial score (nSPS) is 17.4. The third kappa shape index (κ3) is 6.40. The van der Waals surface area contributed by atoms with Crippen LogP contribution in [-0.2, 0) is 6.11 Å². The summed E-state index contributed by atoms with van der Waals surface area (Å²) in [5, 5.41) is 0. The number of nitrogens with zero attached hydrogens (tertiary/aromatic N) is 2. The van der Waals surface area contributed by atoms with Crippen LogP contribution < -0.4 is 4.74 Å². The summed E-state index contributed by atoms with van der Waals surface area (Å²) in [6.07, 6.45) is 7.09. The molecule has 0 saturated heterocycles. The van der Waals surface area contributed by atoms with E-state index in [1.165, 1.54) is 12.1 Å². The van der Waals surface area contributed by atoms with E-state index in [1.807, 2.05) is 6.92 Å². The average Bonchev–Trinajstić information content (AvgIpc) is 2.95. The molecule has 0 atom stereocenters. The van der Waals surface area contributed by atoms with Crippen molar-refractivity contribution in [1.82, 2.24) is 9.97 Å². The molecule has 11 heteroatoms. The molecule has 1 fully saturated rings. The number of aromatic nitrogens is 2. The van der Waals surface area contributed by atoms with Gasteiger partial charge in [-0.1, -0.05) is 24.3 Å². The lowest BCUT2D eigenvalue weighted by Crippen LogP contribution is -2.25. The van der Waals surface area contributed by atoms with Crippen molar-refractivity contribution in [2.45, 2.75) is 44.6 Å². The van der Waals surface area contributed by atoms with E-state index in [1.54, 1.807) is 12.4 Å². The van der Waals surface area contributed by atoms with Gasteiger partial charge in [0, 0.05) is 35.7 Å². The summed E-state index contributed by atoms with van der Waals surface area (Å²) in [4.78, 5) is 8.73. The lowest BCUT2D eigenvalue weighted by atomic mass is 9.79. The molecule has 1 aliphatic carbocycles. The third-order valence-electron chi connectivity index (χ3n) is 7.45. The summed E-state index contributed by atoms with van der Waals surface area (Å²) in [7, 11) is 0. The van der Waals surface area contributed by atoms with Gasteiger partial charge in [0.15, 0.2) is 23.3 Å². The van der Waals surface area contributed by atoms with Gasteiger partial charge in [-0.3, -0.25) is 0 Å².